The van der Waals surface area contributed by atoms with Crippen LogP contribution in [0, 0.1) is 0 Å². The highest BCUT2D eigenvalue weighted by Crippen LogP contribution is 2.32. The maximum atomic E-state index is 12.1. The number of anilines is 1. The average Bonchev–Trinajstić information content (AvgIpc) is 2.71. The highest BCUT2D eigenvalue weighted by molar-refractivity contribution is 5.98. The van der Waals surface area contributed by atoms with Crippen molar-refractivity contribution < 1.29 is 19.0 Å². The maximum absolute atomic E-state index is 12.1. The molecule has 5 nitrogen and oxygen atoms in total. The Kier molecular flexibility index (Phi) is 5.94. The van der Waals surface area contributed by atoms with Gasteiger partial charge in [0.15, 0.2) is 0 Å². The number of esters is 1. The maximum Gasteiger partial charge on any atom is 0.343 e. The summed E-state index contributed by atoms with van der Waals surface area (Å²) in [7, 11) is 1.31. The summed E-state index contributed by atoms with van der Waals surface area (Å²) in [5, 5.41) is 0. The second-order valence-corrected chi connectivity index (χ2v) is 5.93. The van der Waals surface area contributed by atoms with E-state index in [1.807, 2.05) is 60.7 Å². The predicted octanol–water partition coefficient (Wildman–Crippen LogP) is 4.21. The van der Waals surface area contributed by atoms with Gasteiger partial charge < -0.3 is 19.9 Å². The molecule has 0 aliphatic carbocycles. The van der Waals surface area contributed by atoms with Crippen molar-refractivity contribution in [3.63, 3.8) is 0 Å². The predicted molar refractivity (Wildman–Crippen MR) is 104 cm³/mol. The number of hydrogen-bond donors (Lipinski definition) is 1. The van der Waals surface area contributed by atoms with Crippen LogP contribution in [-0.2, 0) is 18.0 Å². The van der Waals surface area contributed by atoms with Gasteiger partial charge in [-0.05, 0) is 11.1 Å². The van der Waals surface area contributed by atoms with Crippen LogP contribution in [0.3, 0.4) is 0 Å². The lowest BCUT2D eigenvalue weighted by atomic mass is 10.1. The molecule has 3 rings (SSSR count). The molecule has 0 saturated carbocycles. The molecule has 0 aliphatic rings. The zero-order chi connectivity index (χ0) is 19.1. The second kappa shape index (κ2) is 8.76. The average molecular weight is 363 g/mol. The molecule has 27 heavy (non-hydrogen) atoms. The van der Waals surface area contributed by atoms with Crippen LogP contribution in [0.5, 0.6) is 11.5 Å². The summed E-state index contributed by atoms with van der Waals surface area (Å²) in [6, 6.07) is 22.7. The fourth-order valence-corrected chi connectivity index (χ4v) is 2.60. The monoisotopic (exact) mass is 363 g/mol. The first-order chi connectivity index (χ1) is 13.2. The van der Waals surface area contributed by atoms with Crippen LogP contribution in [0.25, 0.3) is 0 Å². The van der Waals surface area contributed by atoms with Crippen molar-refractivity contribution in [1.82, 2.24) is 0 Å². The van der Waals surface area contributed by atoms with Gasteiger partial charge in [-0.3, -0.25) is 0 Å². The van der Waals surface area contributed by atoms with Gasteiger partial charge >= 0.3 is 5.97 Å². The first-order valence-corrected chi connectivity index (χ1v) is 8.52. The minimum Gasteiger partial charge on any atom is -0.489 e. The number of nitrogens with two attached hydrogens (primary N) is 1. The number of rotatable bonds is 7. The SMILES string of the molecule is COC(=O)c1c(N)cc(OCc2ccccc2)cc1OCc1ccccc1. The molecule has 2 N–H and O–H groups in total. The lowest BCUT2D eigenvalue weighted by Crippen LogP contribution is -2.10. The molecule has 138 valence electrons. The molecule has 0 aromatic heterocycles. The van der Waals surface area contributed by atoms with E-state index in [4.69, 9.17) is 19.9 Å². The third-order valence-electron chi connectivity index (χ3n) is 3.98. The van der Waals surface area contributed by atoms with Crippen LogP contribution in [0.4, 0.5) is 5.69 Å². The van der Waals surface area contributed by atoms with Gasteiger partial charge in [-0.15, -0.1) is 0 Å². The van der Waals surface area contributed by atoms with E-state index in [2.05, 4.69) is 0 Å². The Hall–Kier alpha value is -3.47. The fourth-order valence-electron chi connectivity index (χ4n) is 2.60. The largest absolute Gasteiger partial charge is 0.489 e. The zero-order valence-electron chi connectivity index (χ0n) is 15.1. The number of carbonyl (C=O) groups is 1. The summed E-state index contributed by atoms with van der Waals surface area (Å²) in [4.78, 5) is 12.1. The first kappa shape index (κ1) is 18.3. The van der Waals surface area contributed by atoms with Gasteiger partial charge in [0.05, 0.1) is 12.8 Å². The molecule has 0 atom stereocenters. The van der Waals surface area contributed by atoms with Crippen molar-refractivity contribution in [2.45, 2.75) is 13.2 Å². The summed E-state index contributed by atoms with van der Waals surface area (Å²) in [6.07, 6.45) is 0. The number of ether oxygens (including phenoxy) is 3. The van der Waals surface area contributed by atoms with Crippen LogP contribution in [0.15, 0.2) is 72.8 Å². The Balaban J connectivity index is 1.83. The molecule has 0 bridgehead atoms. The number of carbonyl (C=O) groups excluding carboxylic acids is 1. The highest BCUT2D eigenvalue weighted by atomic mass is 16.5. The standard InChI is InChI=1S/C22H21NO4/c1-25-22(24)21-19(23)12-18(26-14-16-8-4-2-5-9-16)13-20(21)27-15-17-10-6-3-7-11-17/h2-13H,14-15,23H2,1H3. The van der Waals surface area contributed by atoms with Gasteiger partial charge in [0.1, 0.15) is 30.3 Å². The van der Waals surface area contributed by atoms with Crippen LogP contribution in [0.1, 0.15) is 21.5 Å². The molecule has 0 heterocycles. The van der Waals surface area contributed by atoms with Gasteiger partial charge in [0, 0.05) is 12.1 Å². The summed E-state index contributed by atoms with van der Waals surface area (Å²) in [6.45, 7) is 0.683. The quantitative estimate of drug-likeness (QED) is 0.503. The Bertz CT molecular complexity index is 895. The third-order valence-corrected chi connectivity index (χ3v) is 3.98. The minimum absolute atomic E-state index is 0.195. The third kappa shape index (κ3) is 4.79. The van der Waals surface area contributed by atoms with Crippen LogP contribution in [-0.4, -0.2) is 13.1 Å². The number of nitrogen functional groups attached to an aromatic ring is 1. The van der Waals surface area contributed by atoms with Crippen LogP contribution < -0.4 is 15.2 Å². The lowest BCUT2D eigenvalue weighted by Gasteiger charge is -2.15. The molecule has 3 aromatic rings. The molecule has 3 aromatic carbocycles. The minimum atomic E-state index is -0.551. The summed E-state index contributed by atoms with van der Waals surface area (Å²) in [5.74, 6) is 0.297. The van der Waals surface area contributed by atoms with E-state index in [0.717, 1.165) is 11.1 Å². The number of benzene rings is 3. The van der Waals surface area contributed by atoms with Gasteiger partial charge in [-0.25, -0.2) is 4.79 Å². The van der Waals surface area contributed by atoms with Gasteiger partial charge in [0.25, 0.3) is 0 Å². The number of methoxy groups -OCH3 is 1. The van der Waals surface area contributed by atoms with E-state index < -0.39 is 5.97 Å². The molecule has 0 fully saturated rings. The molecular formula is C22H21NO4. The summed E-state index contributed by atoms with van der Waals surface area (Å²) in [5.41, 5.74) is 8.52. The van der Waals surface area contributed by atoms with Crippen molar-refractivity contribution in [3.05, 3.63) is 89.5 Å². The molecule has 0 saturated heterocycles. The normalized spacial score (nSPS) is 10.3. The van der Waals surface area contributed by atoms with Gasteiger partial charge in [0.2, 0.25) is 0 Å². The second-order valence-electron chi connectivity index (χ2n) is 5.93. The van der Waals surface area contributed by atoms with E-state index >= 15 is 0 Å². The van der Waals surface area contributed by atoms with Crippen molar-refractivity contribution >= 4 is 11.7 Å². The summed E-state index contributed by atoms with van der Waals surface area (Å²) < 4.78 is 16.5. The molecule has 0 radical (unpaired) electrons. The van der Waals surface area contributed by atoms with E-state index in [1.165, 1.54) is 7.11 Å². The molecular weight excluding hydrogens is 342 g/mol. The molecule has 0 unspecified atom stereocenters. The Labute approximate surface area is 158 Å². The van der Waals surface area contributed by atoms with E-state index in [0.29, 0.717) is 24.7 Å². The molecule has 0 aliphatic heterocycles. The molecule has 5 heteroatoms. The van der Waals surface area contributed by atoms with Crippen molar-refractivity contribution in [3.8, 4) is 11.5 Å². The highest BCUT2D eigenvalue weighted by Gasteiger charge is 2.19. The van der Waals surface area contributed by atoms with Crippen molar-refractivity contribution in [2.24, 2.45) is 0 Å². The van der Waals surface area contributed by atoms with E-state index in [1.54, 1.807) is 12.1 Å². The van der Waals surface area contributed by atoms with Crippen LogP contribution >= 0.6 is 0 Å². The molecule has 0 spiro atoms. The van der Waals surface area contributed by atoms with Gasteiger partial charge in [-0.2, -0.15) is 0 Å². The zero-order valence-corrected chi connectivity index (χ0v) is 15.1. The fraction of sp³-hybridized carbons (Fsp3) is 0.136. The van der Waals surface area contributed by atoms with E-state index in [9.17, 15) is 4.79 Å². The van der Waals surface area contributed by atoms with Crippen molar-refractivity contribution in [1.29, 1.82) is 0 Å². The lowest BCUT2D eigenvalue weighted by molar-refractivity contribution is 0.0596. The number of hydrogen-bond acceptors (Lipinski definition) is 5. The summed E-state index contributed by atoms with van der Waals surface area (Å²) >= 11 is 0. The Morgan fingerprint density at radius 3 is 1.96 bits per heavy atom. The smallest absolute Gasteiger partial charge is 0.343 e. The molecule has 0 amide bonds. The van der Waals surface area contributed by atoms with Crippen LogP contribution in [0.2, 0.25) is 0 Å². The first-order valence-electron chi connectivity index (χ1n) is 8.52. The van der Waals surface area contributed by atoms with E-state index in [-0.39, 0.29) is 11.3 Å². The Morgan fingerprint density at radius 2 is 1.41 bits per heavy atom. The topological polar surface area (TPSA) is 70.8 Å². The Morgan fingerprint density at radius 1 is 0.852 bits per heavy atom. The van der Waals surface area contributed by atoms with Gasteiger partial charge in [-0.1, -0.05) is 60.7 Å². The van der Waals surface area contributed by atoms with Crippen molar-refractivity contribution in [2.75, 3.05) is 12.8 Å².